The van der Waals surface area contributed by atoms with Gasteiger partial charge in [-0.2, -0.15) is 0 Å². The lowest BCUT2D eigenvalue weighted by atomic mass is 10.2. The fraction of sp³-hybridized carbons (Fsp3) is 0.250. The van der Waals surface area contributed by atoms with Crippen molar-refractivity contribution in [1.29, 1.82) is 0 Å². The van der Waals surface area contributed by atoms with Crippen LogP contribution in [0.5, 0.6) is 0 Å². The van der Waals surface area contributed by atoms with Gasteiger partial charge in [0.05, 0.1) is 0 Å². The molecule has 0 radical (unpaired) electrons. The van der Waals surface area contributed by atoms with Gasteiger partial charge < -0.3 is 0 Å². The molecular formula is C8H10Br2. The first kappa shape index (κ1) is 10.2. The average molecular weight is 266 g/mol. The Labute approximate surface area is 78.9 Å². The van der Waals surface area contributed by atoms with Gasteiger partial charge >= 0.3 is 0 Å². The zero-order valence-electron chi connectivity index (χ0n) is 5.85. The SMILES string of the molecule is BrCc1ccccc1.CBr. The number of halogens is 2. The summed E-state index contributed by atoms with van der Waals surface area (Å²) in [7, 11) is 0. The van der Waals surface area contributed by atoms with Gasteiger partial charge in [-0.25, -0.2) is 0 Å². The van der Waals surface area contributed by atoms with Gasteiger partial charge in [-0.15, -0.1) is 0 Å². The first-order valence-corrected chi connectivity index (χ1v) is 5.62. The molecule has 0 aliphatic heterocycles. The minimum Gasteiger partial charge on any atom is -0.0966 e. The molecule has 0 atom stereocenters. The lowest BCUT2D eigenvalue weighted by Gasteiger charge is -1.88. The Morgan fingerprint density at radius 1 is 1.10 bits per heavy atom. The molecule has 0 unspecified atom stereocenters. The van der Waals surface area contributed by atoms with Crippen molar-refractivity contribution < 1.29 is 0 Å². The van der Waals surface area contributed by atoms with Gasteiger partial charge in [0.2, 0.25) is 0 Å². The zero-order valence-corrected chi connectivity index (χ0v) is 9.02. The van der Waals surface area contributed by atoms with Crippen molar-refractivity contribution in [2.24, 2.45) is 0 Å². The maximum absolute atomic E-state index is 3.36. The molecule has 0 saturated carbocycles. The van der Waals surface area contributed by atoms with E-state index in [0.29, 0.717) is 0 Å². The largest absolute Gasteiger partial charge is 0.0966 e. The molecule has 56 valence electrons. The van der Waals surface area contributed by atoms with Crippen molar-refractivity contribution in [2.75, 3.05) is 5.83 Å². The lowest BCUT2D eigenvalue weighted by Crippen LogP contribution is -1.70. The number of hydrogen-bond donors (Lipinski definition) is 0. The van der Waals surface area contributed by atoms with Gasteiger partial charge in [0.25, 0.3) is 0 Å². The summed E-state index contributed by atoms with van der Waals surface area (Å²) in [5.41, 5.74) is 1.33. The summed E-state index contributed by atoms with van der Waals surface area (Å²) in [4.78, 5) is 0. The Kier molecular flexibility index (Phi) is 7.42. The molecule has 0 spiro atoms. The van der Waals surface area contributed by atoms with Gasteiger partial charge in [-0.05, 0) is 11.4 Å². The highest BCUT2D eigenvalue weighted by Crippen LogP contribution is 2.02. The topological polar surface area (TPSA) is 0 Å². The van der Waals surface area contributed by atoms with E-state index in [1.807, 2.05) is 24.0 Å². The van der Waals surface area contributed by atoms with E-state index in [1.165, 1.54) is 5.56 Å². The Morgan fingerprint density at radius 2 is 1.60 bits per heavy atom. The van der Waals surface area contributed by atoms with Crippen molar-refractivity contribution in [1.82, 2.24) is 0 Å². The van der Waals surface area contributed by atoms with Crippen LogP contribution < -0.4 is 0 Å². The summed E-state index contributed by atoms with van der Waals surface area (Å²) >= 11 is 6.29. The molecule has 10 heavy (non-hydrogen) atoms. The van der Waals surface area contributed by atoms with E-state index in [1.54, 1.807) is 0 Å². The Bertz CT molecular complexity index is 149. The minimum absolute atomic E-state index is 0.952. The molecule has 1 aromatic rings. The predicted molar refractivity (Wildman–Crippen MR) is 53.9 cm³/mol. The second-order valence-corrected chi connectivity index (χ2v) is 2.18. The van der Waals surface area contributed by atoms with Gasteiger partial charge in [-0.3, -0.25) is 0 Å². The highest BCUT2D eigenvalue weighted by atomic mass is 79.9. The third-order valence-electron chi connectivity index (χ3n) is 0.997. The smallest absolute Gasteiger partial charge is 0.0283 e. The molecule has 1 rings (SSSR count). The molecule has 0 aliphatic rings. The third kappa shape index (κ3) is 4.07. The fourth-order valence-electron chi connectivity index (χ4n) is 0.567. The average Bonchev–Trinajstić information content (AvgIpc) is 2.10. The summed E-state index contributed by atoms with van der Waals surface area (Å²) in [6.07, 6.45) is 0. The third-order valence-corrected chi connectivity index (χ3v) is 1.64. The molecule has 0 nitrogen and oxygen atoms in total. The quantitative estimate of drug-likeness (QED) is 0.681. The summed E-state index contributed by atoms with van der Waals surface area (Å²) in [5, 5.41) is 0.952. The molecule has 0 fully saturated rings. The van der Waals surface area contributed by atoms with E-state index in [4.69, 9.17) is 0 Å². The van der Waals surface area contributed by atoms with Gasteiger partial charge in [0.1, 0.15) is 0 Å². The second kappa shape index (κ2) is 7.29. The number of hydrogen-bond acceptors (Lipinski definition) is 0. The molecule has 0 saturated heterocycles. The van der Waals surface area contributed by atoms with Crippen LogP contribution in [-0.4, -0.2) is 5.83 Å². The lowest BCUT2D eigenvalue weighted by molar-refractivity contribution is 1.44. The first-order valence-electron chi connectivity index (χ1n) is 2.91. The van der Waals surface area contributed by atoms with Crippen molar-refractivity contribution in [3.8, 4) is 0 Å². The van der Waals surface area contributed by atoms with Gasteiger partial charge in [0.15, 0.2) is 0 Å². The number of rotatable bonds is 1. The van der Waals surface area contributed by atoms with Crippen LogP contribution in [0.1, 0.15) is 5.56 Å². The maximum atomic E-state index is 3.36. The molecule has 1 aromatic carbocycles. The summed E-state index contributed by atoms with van der Waals surface area (Å²) in [5.74, 6) is 1.81. The normalized spacial score (nSPS) is 7.90. The monoisotopic (exact) mass is 264 g/mol. The number of alkyl halides is 2. The molecule has 0 heterocycles. The molecule has 0 bridgehead atoms. The van der Waals surface area contributed by atoms with Crippen LogP contribution >= 0.6 is 31.9 Å². The van der Waals surface area contributed by atoms with Crippen LogP contribution in [0.15, 0.2) is 30.3 Å². The van der Waals surface area contributed by atoms with Crippen LogP contribution in [-0.2, 0) is 5.33 Å². The predicted octanol–water partition coefficient (Wildman–Crippen LogP) is 3.59. The summed E-state index contributed by atoms with van der Waals surface area (Å²) in [6, 6.07) is 10.3. The van der Waals surface area contributed by atoms with Gasteiger partial charge in [0, 0.05) is 5.33 Å². The Morgan fingerprint density at radius 3 is 1.90 bits per heavy atom. The van der Waals surface area contributed by atoms with Crippen LogP contribution in [0.3, 0.4) is 0 Å². The first-order chi connectivity index (χ1) is 4.93. The van der Waals surface area contributed by atoms with Crippen LogP contribution in [0.4, 0.5) is 0 Å². The van der Waals surface area contributed by atoms with E-state index in [-0.39, 0.29) is 0 Å². The standard InChI is InChI=1S/C7H7Br.CH3Br/c8-6-7-4-2-1-3-5-7;1-2/h1-5H,6H2;1H3. The highest BCUT2D eigenvalue weighted by Gasteiger charge is 1.81. The van der Waals surface area contributed by atoms with E-state index in [2.05, 4.69) is 44.0 Å². The Hall–Kier alpha value is 0.180. The van der Waals surface area contributed by atoms with E-state index >= 15 is 0 Å². The van der Waals surface area contributed by atoms with E-state index < -0.39 is 0 Å². The fourth-order valence-corrected chi connectivity index (χ4v) is 0.941. The van der Waals surface area contributed by atoms with Gasteiger partial charge in [-0.1, -0.05) is 62.2 Å². The van der Waals surface area contributed by atoms with Crippen molar-refractivity contribution >= 4 is 31.9 Å². The van der Waals surface area contributed by atoms with Crippen molar-refractivity contribution in [3.05, 3.63) is 35.9 Å². The molecule has 0 aliphatic carbocycles. The maximum Gasteiger partial charge on any atom is 0.0283 e. The minimum atomic E-state index is 0.952. The Balaban J connectivity index is 0.000000371. The van der Waals surface area contributed by atoms with Crippen LogP contribution in [0, 0.1) is 0 Å². The molecule has 0 aromatic heterocycles. The van der Waals surface area contributed by atoms with E-state index in [9.17, 15) is 0 Å². The van der Waals surface area contributed by atoms with Crippen molar-refractivity contribution in [3.63, 3.8) is 0 Å². The van der Waals surface area contributed by atoms with Crippen LogP contribution in [0.25, 0.3) is 0 Å². The molecule has 0 amide bonds. The van der Waals surface area contributed by atoms with Crippen molar-refractivity contribution in [2.45, 2.75) is 5.33 Å². The summed E-state index contributed by atoms with van der Waals surface area (Å²) in [6.45, 7) is 0. The van der Waals surface area contributed by atoms with E-state index in [0.717, 1.165) is 5.33 Å². The number of benzene rings is 1. The molecule has 2 heteroatoms. The molecule has 0 N–H and O–H groups in total. The second-order valence-electron chi connectivity index (χ2n) is 1.62. The zero-order chi connectivity index (χ0) is 7.82. The molecular weight excluding hydrogens is 256 g/mol. The highest BCUT2D eigenvalue weighted by molar-refractivity contribution is 9.09. The van der Waals surface area contributed by atoms with Crippen LogP contribution in [0.2, 0.25) is 0 Å². The summed E-state index contributed by atoms with van der Waals surface area (Å²) < 4.78 is 0.